The second-order valence-electron chi connectivity index (χ2n) is 1.67. The van der Waals surface area contributed by atoms with Crippen LogP contribution in [0, 0.1) is 0 Å². The highest BCUT2D eigenvalue weighted by atomic mass is 32.1. The van der Waals surface area contributed by atoms with E-state index in [2.05, 4.69) is 20.2 Å². The van der Waals surface area contributed by atoms with Gasteiger partial charge in [-0.15, -0.1) is 11.3 Å². The molecule has 4 nitrogen and oxygen atoms in total. The summed E-state index contributed by atoms with van der Waals surface area (Å²) in [6, 6.07) is 0. The zero-order valence-corrected chi connectivity index (χ0v) is 5.80. The molecule has 0 aromatic carbocycles. The predicted molar refractivity (Wildman–Crippen MR) is 37.5 cm³/mol. The van der Waals surface area contributed by atoms with E-state index in [1.54, 1.807) is 6.20 Å². The number of thiazole rings is 1. The van der Waals surface area contributed by atoms with Crippen LogP contribution in [0.25, 0.3) is 10.8 Å². The van der Waals surface area contributed by atoms with Crippen LogP contribution < -0.4 is 0 Å². The number of nitrogens with one attached hydrogen (secondary N) is 1. The highest BCUT2D eigenvalue weighted by Crippen LogP contribution is 2.14. The van der Waals surface area contributed by atoms with Crippen LogP contribution in [0.3, 0.4) is 0 Å². The Morgan fingerprint density at radius 2 is 2.40 bits per heavy atom. The van der Waals surface area contributed by atoms with Gasteiger partial charge >= 0.3 is 0 Å². The second kappa shape index (κ2) is 2.18. The van der Waals surface area contributed by atoms with Crippen LogP contribution in [-0.2, 0) is 0 Å². The summed E-state index contributed by atoms with van der Waals surface area (Å²) in [4.78, 5) is 7.98. The van der Waals surface area contributed by atoms with Gasteiger partial charge in [0.25, 0.3) is 0 Å². The van der Waals surface area contributed by atoms with E-state index in [1.807, 2.05) is 5.38 Å². The zero-order chi connectivity index (χ0) is 6.81. The highest BCUT2D eigenvalue weighted by molar-refractivity contribution is 7.12. The fraction of sp³-hybridized carbons (Fsp3) is 0. The molecule has 5 heteroatoms. The molecule has 0 aliphatic carbocycles. The number of nitrogens with zero attached hydrogens (tertiary/aromatic N) is 3. The van der Waals surface area contributed by atoms with Crippen LogP contribution in [0.2, 0.25) is 0 Å². The molecule has 2 heterocycles. The molecule has 0 atom stereocenters. The zero-order valence-electron chi connectivity index (χ0n) is 4.98. The van der Waals surface area contributed by atoms with Gasteiger partial charge in [-0.2, -0.15) is 5.10 Å². The van der Waals surface area contributed by atoms with Crippen LogP contribution in [0.1, 0.15) is 0 Å². The number of hydrogen-bond donors (Lipinski definition) is 1. The monoisotopic (exact) mass is 152 g/mol. The largest absolute Gasteiger partial charge is 0.257 e. The summed E-state index contributed by atoms with van der Waals surface area (Å²) < 4.78 is 0. The third-order valence-electron chi connectivity index (χ3n) is 1.05. The number of hydrogen-bond acceptors (Lipinski definition) is 4. The molecule has 2 aromatic rings. The minimum absolute atomic E-state index is 0.731. The van der Waals surface area contributed by atoms with Crippen LogP contribution in [0.5, 0.6) is 0 Å². The molecule has 1 N–H and O–H groups in total. The van der Waals surface area contributed by atoms with E-state index in [9.17, 15) is 0 Å². The molecule has 10 heavy (non-hydrogen) atoms. The minimum atomic E-state index is 0.731. The Balaban J connectivity index is 2.48. The van der Waals surface area contributed by atoms with Gasteiger partial charge < -0.3 is 0 Å². The molecule has 0 saturated heterocycles. The summed E-state index contributed by atoms with van der Waals surface area (Å²) >= 11 is 1.54. The van der Waals surface area contributed by atoms with Crippen LogP contribution >= 0.6 is 11.3 Å². The Labute approximate surface area is 61.0 Å². The molecule has 0 saturated carbocycles. The number of rotatable bonds is 1. The average Bonchev–Trinajstić information content (AvgIpc) is 2.59. The van der Waals surface area contributed by atoms with Crippen LogP contribution in [0.4, 0.5) is 0 Å². The smallest absolute Gasteiger partial charge is 0.184 e. The van der Waals surface area contributed by atoms with Crippen molar-refractivity contribution < 1.29 is 0 Å². The van der Waals surface area contributed by atoms with E-state index in [0.29, 0.717) is 0 Å². The van der Waals surface area contributed by atoms with Crippen molar-refractivity contribution in [2.24, 2.45) is 0 Å². The Kier molecular flexibility index (Phi) is 1.21. The van der Waals surface area contributed by atoms with E-state index in [0.717, 1.165) is 10.8 Å². The molecule has 0 aliphatic rings. The van der Waals surface area contributed by atoms with Crippen molar-refractivity contribution in [1.29, 1.82) is 0 Å². The van der Waals surface area contributed by atoms with Gasteiger partial charge in [-0.3, -0.25) is 5.10 Å². The fourth-order valence-corrected chi connectivity index (χ4v) is 1.23. The lowest BCUT2D eigenvalue weighted by Crippen LogP contribution is -1.76. The molecule has 0 unspecified atom stereocenters. The van der Waals surface area contributed by atoms with Gasteiger partial charge in [0.05, 0.1) is 0 Å². The SMILES string of the molecule is c1n[nH]c(-c2nccs2)n1. The molecule has 2 aromatic heterocycles. The summed E-state index contributed by atoms with van der Waals surface area (Å²) in [5.41, 5.74) is 0. The minimum Gasteiger partial charge on any atom is -0.257 e. The van der Waals surface area contributed by atoms with Crippen molar-refractivity contribution in [1.82, 2.24) is 20.2 Å². The highest BCUT2D eigenvalue weighted by Gasteiger charge is 2.00. The normalized spacial score (nSPS) is 10.0. The molecule has 0 spiro atoms. The summed E-state index contributed by atoms with van der Waals surface area (Å²) in [5, 5.41) is 9.21. The van der Waals surface area contributed by atoms with Gasteiger partial charge in [-0.05, 0) is 0 Å². The molecule has 0 bridgehead atoms. The Hall–Kier alpha value is -1.23. The lowest BCUT2D eigenvalue weighted by Gasteiger charge is -1.81. The van der Waals surface area contributed by atoms with Crippen LogP contribution in [-0.4, -0.2) is 20.2 Å². The maximum atomic E-state index is 4.04. The Morgan fingerprint density at radius 1 is 1.40 bits per heavy atom. The lowest BCUT2D eigenvalue weighted by atomic mass is 10.7. The van der Waals surface area contributed by atoms with E-state index in [-0.39, 0.29) is 0 Å². The van der Waals surface area contributed by atoms with Gasteiger partial charge in [-0.1, -0.05) is 0 Å². The lowest BCUT2D eigenvalue weighted by molar-refractivity contribution is 1.09. The van der Waals surface area contributed by atoms with Crippen molar-refractivity contribution in [3.63, 3.8) is 0 Å². The molecule has 0 fully saturated rings. The standard InChI is InChI=1S/C5H4N4S/c1-2-10-5(6-1)4-7-3-8-9-4/h1-3H,(H,7,8,9). The summed E-state index contributed by atoms with van der Waals surface area (Å²) in [6.45, 7) is 0. The van der Waals surface area contributed by atoms with Crippen molar-refractivity contribution in [3.05, 3.63) is 17.9 Å². The third kappa shape index (κ3) is 0.801. The van der Waals surface area contributed by atoms with Gasteiger partial charge in [0.2, 0.25) is 0 Å². The van der Waals surface area contributed by atoms with Gasteiger partial charge in [-0.25, -0.2) is 9.97 Å². The quantitative estimate of drug-likeness (QED) is 0.661. The number of aromatic nitrogens is 4. The summed E-state index contributed by atoms with van der Waals surface area (Å²) in [5.74, 6) is 0.731. The summed E-state index contributed by atoms with van der Waals surface area (Å²) in [6.07, 6.45) is 3.21. The van der Waals surface area contributed by atoms with E-state index in [4.69, 9.17) is 0 Å². The van der Waals surface area contributed by atoms with Crippen molar-refractivity contribution in [3.8, 4) is 10.8 Å². The topological polar surface area (TPSA) is 54.5 Å². The molecule has 0 radical (unpaired) electrons. The Bertz CT molecular complexity index is 253. The fourth-order valence-electron chi connectivity index (χ4n) is 0.649. The first-order valence-electron chi connectivity index (χ1n) is 2.72. The molecular weight excluding hydrogens is 148 g/mol. The van der Waals surface area contributed by atoms with Gasteiger partial charge in [0, 0.05) is 11.6 Å². The van der Waals surface area contributed by atoms with Crippen molar-refractivity contribution >= 4 is 11.3 Å². The molecular formula is C5H4N4S. The Morgan fingerprint density at radius 3 is 3.00 bits per heavy atom. The van der Waals surface area contributed by atoms with Crippen LogP contribution in [0.15, 0.2) is 17.9 Å². The maximum absolute atomic E-state index is 4.04. The predicted octanol–water partition coefficient (Wildman–Crippen LogP) is 0.928. The summed E-state index contributed by atoms with van der Waals surface area (Å²) in [7, 11) is 0. The number of aromatic amines is 1. The van der Waals surface area contributed by atoms with Crippen molar-refractivity contribution in [2.45, 2.75) is 0 Å². The molecule has 0 amide bonds. The molecule has 0 aliphatic heterocycles. The first-order valence-corrected chi connectivity index (χ1v) is 3.60. The maximum Gasteiger partial charge on any atom is 0.184 e. The first kappa shape index (κ1) is 5.55. The molecule has 2 rings (SSSR count). The second-order valence-corrected chi connectivity index (χ2v) is 2.57. The van der Waals surface area contributed by atoms with E-state index >= 15 is 0 Å². The van der Waals surface area contributed by atoms with Gasteiger partial charge in [0.15, 0.2) is 10.8 Å². The molecule has 50 valence electrons. The van der Waals surface area contributed by atoms with Crippen molar-refractivity contribution in [2.75, 3.05) is 0 Å². The van der Waals surface area contributed by atoms with E-state index < -0.39 is 0 Å². The van der Waals surface area contributed by atoms with Gasteiger partial charge in [0.1, 0.15) is 6.33 Å². The number of H-pyrrole nitrogens is 1. The average molecular weight is 152 g/mol. The first-order chi connectivity index (χ1) is 4.97. The third-order valence-corrected chi connectivity index (χ3v) is 1.83. The van der Waals surface area contributed by atoms with E-state index in [1.165, 1.54) is 17.7 Å².